The molecule has 0 fully saturated rings. The summed E-state index contributed by atoms with van der Waals surface area (Å²) in [6.45, 7) is 3.73. The largest absolute Gasteiger partial charge is 0.489 e. The summed E-state index contributed by atoms with van der Waals surface area (Å²) in [5, 5.41) is 5.10. The van der Waals surface area contributed by atoms with Crippen molar-refractivity contribution in [2.24, 2.45) is 5.14 Å². The number of rotatable bonds is 4. The molecule has 0 aliphatic carbocycles. The Kier molecular flexibility index (Phi) is 4.29. The van der Waals surface area contributed by atoms with Gasteiger partial charge in [-0.1, -0.05) is 6.07 Å². The van der Waals surface area contributed by atoms with E-state index in [1.54, 1.807) is 32.0 Å². The minimum Gasteiger partial charge on any atom is -0.489 e. The van der Waals surface area contributed by atoms with Crippen molar-refractivity contribution in [3.8, 4) is 5.75 Å². The van der Waals surface area contributed by atoms with Crippen molar-refractivity contribution in [2.75, 3.05) is 0 Å². The van der Waals surface area contributed by atoms with Crippen LogP contribution in [-0.2, 0) is 16.6 Å². The van der Waals surface area contributed by atoms with Crippen LogP contribution < -0.4 is 9.88 Å². The lowest BCUT2D eigenvalue weighted by Crippen LogP contribution is -2.13. The number of ether oxygens (including phenoxy) is 1. The summed E-state index contributed by atoms with van der Waals surface area (Å²) in [7, 11) is -3.73. The van der Waals surface area contributed by atoms with Crippen LogP contribution in [0.1, 0.15) is 16.7 Å². The second-order valence-corrected chi connectivity index (χ2v) is 6.36. The molecule has 0 amide bonds. The Bertz CT molecular complexity index is 772. The number of sulfonamides is 1. The molecule has 0 saturated carbocycles. The van der Waals surface area contributed by atoms with Crippen molar-refractivity contribution in [2.45, 2.75) is 25.3 Å². The lowest BCUT2D eigenvalue weighted by atomic mass is 10.1. The van der Waals surface area contributed by atoms with Gasteiger partial charge in [-0.2, -0.15) is 0 Å². The minimum atomic E-state index is -3.73. The van der Waals surface area contributed by atoms with E-state index in [2.05, 4.69) is 0 Å². The summed E-state index contributed by atoms with van der Waals surface area (Å²) >= 11 is 0. The summed E-state index contributed by atoms with van der Waals surface area (Å²) in [5.41, 5.74) is 2.18. The molecule has 0 saturated heterocycles. The fourth-order valence-electron chi connectivity index (χ4n) is 2.01. The minimum absolute atomic E-state index is 0.0767. The second-order valence-electron chi connectivity index (χ2n) is 4.83. The molecule has 4 nitrogen and oxygen atoms in total. The number of primary sulfonamides is 1. The van der Waals surface area contributed by atoms with Gasteiger partial charge in [-0.3, -0.25) is 0 Å². The molecule has 21 heavy (non-hydrogen) atoms. The van der Waals surface area contributed by atoms with Crippen LogP contribution in [0.2, 0.25) is 0 Å². The number of nitrogens with two attached hydrogens (primary N) is 1. The summed E-state index contributed by atoms with van der Waals surface area (Å²) in [6, 6.07) is 9.05. The van der Waals surface area contributed by atoms with E-state index in [-0.39, 0.29) is 17.3 Å². The number of hydrogen-bond acceptors (Lipinski definition) is 3. The van der Waals surface area contributed by atoms with Crippen molar-refractivity contribution in [3.63, 3.8) is 0 Å². The molecule has 112 valence electrons. The molecule has 0 bridgehead atoms. The van der Waals surface area contributed by atoms with Gasteiger partial charge >= 0.3 is 0 Å². The van der Waals surface area contributed by atoms with Crippen LogP contribution in [-0.4, -0.2) is 8.42 Å². The molecule has 0 unspecified atom stereocenters. The van der Waals surface area contributed by atoms with E-state index in [0.29, 0.717) is 11.3 Å². The third kappa shape index (κ3) is 3.80. The van der Waals surface area contributed by atoms with Gasteiger partial charge in [0.05, 0.1) is 4.90 Å². The first-order valence-corrected chi connectivity index (χ1v) is 7.83. The average molecular weight is 309 g/mol. The standard InChI is InChI=1S/C15H16FNO3S/c1-10-7-13(16)4-3-12(10)9-20-14-5-6-15(11(2)8-14)21(17,18)19/h3-8H,9H2,1-2H3,(H2,17,18,19). The summed E-state index contributed by atoms with van der Waals surface area (Å²) in [4.78, 5) is 0.0767. The zero-order chi connectivity index (χ0) is 15.6. The monoisotopic (exact) mass is 309 g/mol. The van der Waals surface area contributed by atoms with Gasteiger partial charge in [-0.25, -0.2) is 17.9 Å². The van der Waals surface area contributed by atoms with E-state index >= 15 is 0 Å². The Morgan fingerprint density at radius 2 is 1.81 bits per heavy atom. The molecule has 0 aromatic heterocycles. The Morgan fingerprint density at radius 3 is 2.38 bits per heavy atom. The molecule has 0 aliphatic rings. The van der Waals surface area contributed by atoms with Crippen molar-refractivity contribution in [1.82, 2.24) is 0 Å². The first-order valence-electron chi connectivity index (χ1n) is 6.28. The van der Waals surface area contributed by atoms with Gasteiger partial charge in [0.15, 0.2) is 0 Å². The summed E-state index contributed by atoms with van der Waals surface area (Å²) < 4.78 is 41.3. The third-order valence-electron chi connectivity index (χ3n) is 3.15. The fourth-order valence-corrected chi connectivity index (χ4v) is 2.78. The highest BCUT2D eigenvalue weighted by molar-refractivity contribution is 7.89. The highest BCUT2D eigenvalue weighted by atomic mass is 32.2. The van der Waals surface area contributed by atoms with E-state index in [1.807, 2.05) is 0 Å². The van der Waals surface area contributed by atoms with Crippen molar-refractivity contribution in [1.29, 1.82) is 0 Å². The van der Waals surface area contributed by atoms with Crippen LogP contribution >= 0.6 is 0 Å². The lowest BCUT2D eigenvalue weighted by Gasteiger charge is -2.11. The van der Waals surface area contributed by atoms with Gasteiger partial charge in [0.2, 0.25) is 10.0 Å². The molecule has 2 aromatic carbocycles. The van der Waals surface area contributed by atoms with E-state index in [1.165, 1.54) is 18.2 Å². The highest BCUT2D eigenvalue weighted by Gasteiger charge is 2.12. The maximum absolute atomic E-state index is 13.0. The van der Waals surface area contributed by atoms with Crippen LogP contribution in [0, 0.1) is 19.7 Å². The highest BCUT2D eigenvalue weighted by Crippen LogP contribution is 2.21. The SMILES string of the molecule is Cc1cc(F)ccc1COc1ccc(S(N)(=O)=O)c(C)c1. The molecule has 0 spiro atoms. The molecule has 6 heteroatoms. The normalized spacial score (nSPS) is 11.4. The van der Waals surface area contributed by atoms with E-state index < -0.39 is 10.0 Å². The molecule has 2 aromatic rings. The fraction of sp³-hybridized carbons (Fsp3) is 0.200. The first kappa shape index (κ1) is 15.5. The molecule has 0 radical (unpaired) electrons. The van der Waals surface area contributed by atoms with Gasteiger partial charge in [-0.05, 0) is 60.9 Å². The van der Waals surface area contributed by atoms with E-state index in [0.717, 1.165) is 11.1 Å². The molecule has 2 rings (SSSR count). The van der Waals surface area contributed by atoms with Crippen LogP contribution in [0.25, 0.3) is 0 Å². The third-order valence-corrected chi connectivity index (χ3v) is 4.22. The average Bonchev–Trinajstić information content (AvgIpc) is 2.36. The lowest BCUT2D eigenvalue weighted by molar-refractivity contribution is 0.305. The number of halogens is 1. The Hall–Kier alpha value is -1.92. The van der Waals surface area contributed by atoms with Gasteiger partial charge in [0.25, 0.3) is 0 Å². The quantitative estimate of drug-likeness (QED) is 0.944. The van der Waals surface area contributed by atoms with Gasteiger partial charge in [-0.15, -0.1) is 0 Å². The van der Waals surface area contributed by atoms with Gasteiger partial charge in [0.1, 0.15) is 18.2 Å². The van der Waals surface area contributed by atoms with Crippen molar-refractivity contribution < 1.29 is 17.5 Å². The number of benzene rings is 2. The maximum Gasteiger partial charge on any atom is 0.238 e. The Labute approximate surface area is 123 Å². The number of hydrogen-bond donors (Lipinski definition) is 1. The second kappa shape index (κ2) is 5.83. The van der Waals surface area contributed by atoms with E-state index in [9.17, 15) is 12.8 Å². The zero-order valence-corrected chi connectivity index (χ0v) is 12.6. The Balaban J connectivity index is 2.16. The summed E-state index contributed by atoms with van der Waals surface area (Å²) in [5.74, 6) is 0.244. The van der Waals surface area contributed by atoms with Crippen LogP contribution in [0.4, 0.5) is 4.39 Å². The first-order chi connectivity index (χ1) is 9.77. The predicted octanol–water partition coefficient (Wildman–Crippen LogP) is 2.67. The summed E-state index contributed by atoms with van der Waals surface area (Å²) in [6.07, 6.45) is 0. The molecular weight excluding hydrogens is 293 g/mol. The Morgan fingerprint density at radius 1 is 1.10 bits per heavy atom. The smallest absolute Gasteiger partial charge is 0.238 e. The predicted molar refractivity (Wildman–Crippen MR) is 78.0 cm³/mol. The van der Waals surface area contributed by atoms with Crippen LogP contribution in [0.15, 0.2) is 41.3 Å². The number of aryl methyl sites for hydroxylation is 2. The van der Waals surface area contributed by atoms with Gasteiger partial charge in [0, 0.05) is 0 Å². The van der Waals surface area contributed by atoms with Crippen LogP contribution in [0.5, 0.6) is 5.75 Å². The molecule has 0 atom stereocenters. The topological polar surface area (TPSA) is 69.4 Å². The molecule has 0 aliphatic heterocycles. The van der Waals surface area contributed by atoms with Gasteiger partial charge < -0.3 is 4.74 Å². The zero-order valence-electron chi connectivity index (χ0n) is 11.8. The van der Waals surface area contributed by atoms with Crippen molar-refractivity contribution >= 4 is 10.0 Å². The molecule has 2 N–H and O–H groups in total. The van der Waals surface area contributed by atoms with E-state index in [4.69, 9.17) is 9.88 Å². The molecular formula is C15H16FNO3S. The van der Waals surface area contributed by atoms with Crippen LogP contribution in [0.3, 0.4) is 0 Å². The maximum atomic E-state index is 13.0. The molecule has 0 heterocycles. The van der Waals surface area contributed by atoms with Crippen molar-refractivity contribution in [3.05, 3.63) is 58.9 Å².